The number of hydrogen-bond donors (Lipinski definition) is 1. The summed E-state index contributed by atoms with van der Waals surface area (Å²) in [7, 11) is 0. The lowest BCUT2D eigenvalue weighted by Crippen LogP contribution is -2.10. The Hall–Kier alpha value is -2.30. The number of aryl methyl sites for hydroxylation is 2. The Morgan fingerprint density at radius 1 is 1.12 bits per heavy atom. The maximum Gasteiger partial charge on any atom is 0.183 e. The Morgan fingerprint density at radius 2 is 1.82 bits per heavy atom. The van der Waals surface area contributed by atoms with E-state index in [4.69, 9.17) is 5.84 Å². The number of nitrogen functional groups attached to an aromatic ring is 1. The van der Waals surface area contributed by atoms with Crippen LogP contribution in [0.2, 0.25) is 0 Å². The predicted molar refractivity (Wildman–Crippen MR) is 66.5 cm³/mol. The summed E-state index contributed by atoms with van der Waals surface area (Å²) in [6, 6.07) is 9.92. The van der Waals surface area contributed by atoms with Gasteiger partial charge in [0, 0.05) is 0 Å². The van der Waals surface area contributed by atoms with Crippen molar-refractivity contribution in [3.05, 3.63) is 41.9 Å². The summed E-state index contributed by atoms with van der Waals surface area (Å²) in [5.41, 5.74) is 3.55. The highest BCUT2D eigenvalue weighted by atomic mass is 15.4. The topological polar surface area (TPSA) is 61.7 Å². The molecule has 0 spiro atoms. The maximum absolute atomic E-state index is 5.93. The zero-order valence-electron chi connectivity index (χ0n) is 9.75. The van der Waals surface area contributed by atoms with Gasteiger partial charge in [0.15, 0.2) is 5.65 Å². The van der Waals surface area contributed by atoms with Crippen molar-refractivity contribution in [2.45, 2.75) is 13.8 Å². The first kappa shape index (κ1) is 9.89. The molecule has 0 unspecified atom stereocenters. The van der Waals surface area contributed by atoms with E-state index in [0.717, 1.165) is 28.4 Å². The molecule has 17 heavy (non-hydrogen) atoms. The molecule has 0 aliphatic heterocycles. The van der Waals surface area contributed by atoms with Crippen molar-refractivity contribution in [1.29, 1.82) is 0 Å². The molecule has 0 aliphatic rings. The van der Waals surface area contributed by atoms with E-state index in [0.29, 0.717) is 0 Å². The first-order chi connectivity index (χ1) is 8.18. The van der Waals surface area contributed by atoms with Gasteiger partial charge in [0.05, 0.1) is 11.4 Å². The van der Waals surface area contributed by atoms with Crippen LogP contribution in [0.15, 0.2) is 30.3 Å². The number of aromatic nitrogens is 4. The second kappa shape index (κ2) is 3.35. The van der Waals surface area contributed by atoms with E-state index in [1.54, 1.807) is 4.68 Å². The minimum Gasteiger partial charge on any atom is -0.337 e. The fourth-order valence-electron chi connectivity index (χ4n) is 2.01. The highest BCUT2D eigenvalue weighted by Gasteiger charge is 2.15. The third-order valence-electron chi connectivity index (χ3n) is 2.86. The van der Waals surface area contributed by atoms with Crippen molar-refractivity contribution in [3.63, 3.8) is 0 Å². The highest BCUT2D eigenvalue weighted by molar-refractivity contribution is 5.77. The predicted octanol–water partition coefficient (Wildman–Crippen LogP) is 1.55. The van der Waals surface area contributed by atoms with Gasteiger partial charge in [-0.1, -0.05) is 18.2 Å². The van der Waals surface area contributed by atoms with E-state index in [9.17, 15) is 0 Å². The number of nitrogens with zero attached hydrogens (tertiary/aromatic N) is 4. The molecule has 86 valence electrons. The molecule has 2 aromatic heterocycles. The Labute approximate surface area is 98.5 Å². The zero-order chi connectivity index (χ0) is 12.0. The Morgan fingerprint density at radius 3 is 2.53 bits per heavy atom. The fraction of sp³-hybridized carbons (Fsp3) is 0.167. The van der Waals surface area contributed by atoms with Crippen molar-refractivity contribution in [2.24, 2.45) is 0 Å². The van der Waals surface area contributed by atoms with Gasteiger partial charge in [0.2, 0.25) is 0 Å². The average molecular weight is 227 g/mol. The van der Waals surface area contributed by atoms with Crippen LogP contribution >= 0.6 is 0 Å². The van der Waals surface area contributed by atoms with Gasteiger partial charge in [-0.05, 0) is 26.0 Å². The van der Waals surface area contributed by atoms with E-state index in [1.807, 2.05) is 48.9 Å². The normalized spacial score (nSPS) is 11.2. The lowest BCUT2D eigenvalue weighted by atomic mass is 10.3. The minimum atomic E-state index is 0.783. The Bertz CT molecular complexity index is 678. The summed E-state index contributed by atoms with van der Waals surface area (Å²) in [5, 5.41) is 4.48. The Kier molecular flexibility index (Phi) is 1.95. The fourth-order valence-corrected chi connectivity index (χ4v) is 2.01. The minimum absolute atomic E-state index is 0.783. The van der Waals surface area contributed by atoms with E-state index >= 15 is 0 Å². The molecule has 5 nitrogen and oxygen atoms in total. The van der Waals surface area contributed by atoms with Crippen LogP contribution < -0.4 is 5.84 Å². The summed E-state index contributed by atoms with van der Waals surface area (Å²) in [4.78, 5) is 4.45. The molecule has 0 atom stereocenters. The molecule has 0 saturated heterocycles. The standard InChI is InChI=1S/C12H13N5/c1-8-11-12(14-9(2)16(11)13)17(15-8)10-6-4-3-5-7-10/h3-7H,13H2,1-2H3. The Balaban J connectivity index is 2.35. The molecule has 0 fully saturated rings. The molecule has 5 heteroatoms. The number of nitrogens with two attached hydrogens (primary N) is 1. The van der Waals surface area contributed by atoms with E-state index in [-0.39, 0.29) is 0 Å². The molecular formula is C12H13N5. The molecule has 0 aliphatic carbocycles. The van der Waals surface area contributed by atoms with Crippen molar-refractivity contribution in [2.75, 3.05) is 5.84 Å². The van der Waals surface area contributed by atoms with Gasteiger partial charge >= 0.3 is 0 Å². The van der Waals surface area contributed by atoms with Crippen LogP contribution in [0, 0.1) is 13.8 Å². The van der Waals surface area contributed by atoms with Gasteiger partial charge < -0.3 is 5.84 Å². The molecule has 0 bridgehead atoms. The van der Waals surface area contributed by atoms with Crippen molar-refractivity contribution in [3.8, 4) is 5.69 Å². The van der Waals surface area contributed by atoms with Gasteiger partial charge in [0.25, 0.3) is 0 Å². The first-order valence-electron chi connectivity index (χ1n) is 5.43. The van der Waals surface area contributed by atoms with Gasteiger partial charge in [-0.3, -0.25) is 0 Å². The lowest BCUT2D eigenvalue weighted by Gasteiger charge is -1.99. The summed E-state index contributed by atoms with van der Waals surface area (Å²) in [6.07, 6.45) is 0. The largest absolute Gasteiger partial charge is 0.337 e. The molecule has 0 amide bonds. The zero-order valence-corrected chi connectivity index (χ0v) is 9.75. The van der Waals surface area contributed by atoms with Crippen molar-refractivity contribution < 1.29 is 0 Å². The molecule has 2 heterocycles. The van der Waals surface area contributed by atoms with Crippen LogP contribution in [0.25, 0.3) is 16.9 Å². The number of imidazole rings is 1. The van der Waals surface area contributed by atoms with E-state index in [1.165, 1.54) is 0 Å². The van der Waals surface area contributed by atoms with Crippen LogP contribution in [0.5, 0.6) is 0 Å². The number of benzene rings is 1. The highest BCUT2D eigenvalue weighted by Crippen LogP contribution is 2.20. The maximum atomic E-state index is 5.93. The summed E-state index contributed by atoms with van der Waals surface area (Å²) >= 11 is 0. The first-order valence-corrected chi connectivity index (χ1v) is 5.43. The van der Waals surface area contributed by atoms with Crippen LogP contribution in [0.4, 0.5) is 0 Å². The van der Waals surface area contributed by atoms with Gasteiger partial charge in [-0.2, -0.15) is 5.10 Å². The summed E-state index contributed by atoms with van der Waals surface area (Å²) in [6.45, 7) is 3.82. The second-order valence-electron chi connectivity index (χ2n) is 4.03. The van der Waals surface area contributed by atoms with E-state index in [2.05, 4.69) is 10.1 Å². The molecule has 1 aromatic carbocycles. The quantitative estimate of drug-likeness (QED) is 0.642. The molecule has 3 aromatic rings. The molecule has 0 saturated carbocycles. The van der Waals surface area contributed by atoms with Crippen LogP contribution in [-0.2, 0) is 0 Å². The number of hydrogen-bond acceptors (Lipinski definition) is 3. The number of para-hydroxylation sites is 1. The van der Waals surface area contributed by atoms with E-state index < -0.39 is 0 Å². The average Bonchev–Trinajstić information content (AvgIpc) is 2.81. The lowest BCUT2D eigenvalue weighted by molar-refractivity contribution is 0.859. The molecule has 3 rings (SSSR count). The van der Waals surface area contributed by atoms with Crippen LogP contribution in [0.1, 0.15) is 11.5 Å². The SMILES string of the molecule is Cc1nn(-c2ccccc2)c2nc(C)n(N)c12. The number of fused-ring (bicyclic) bond motifs is 1. The smallest absolute Gasteiger partial charge is 0.183 e. The third-order valence-corrected chi connectivity index (χ3v) is 2.86. The summed E-state index contributed by atoms with van der Waals surface area (Å²) in [5.74, 6) is 6.71. The molecular weight excluding hydrogens is 214 g/mol. The van der Waals surface area contributed by atoms with Gasteiger partial charge in [-0.15, -0.1) is 0 Å². The van der Waals surface area contributed by atoms with Gasteiger partial charge in [0.1, 0.15) is 11.3 Å². The monoisotopic (exact) mass is 227 g/mol. The summed E-state index contributed by atoms with van der Waals surface area (Å²) < 4.78 is 3.40. The van der Waals surface area contributed by atoms with Gasteiger partial charge in [-0.25, -0.2) is 14.3 Å². The van der Waals surface area contributed by atoms with Crippen LogP contribution in [0.3, 0.4) is 0 Å². The van der Waals surface area contributed by atoms with Crippen molar-refractivity contribution >= 4 is 11.2 Å². The molecule has 0 radical (unpaired) electrons. The number of rotatable bonds is 1. The van der Waals surface area contributed by atoms with Crippen LogP contribution in [-0.4, -0.2) is 19.4 Å². The second-order valence-corrected chi connectivity index (χ2v) is 4.03. The third kappa shape index (κ3) is 1.32. The molecule has 2 N–H and O–H groups in total. The van der Waals surface area contributed by atoms with Crippen molar-refractivity contribution in [1.82, 2.24) is 19.4 Å².